The number of phenolic OH excluding ortho intramolecular Hbond substituents is 1. The van der Waals surface area contributed by atoms with Crippen LogP contribution in [-0.4, -0.2) is 30.0 Å². The highest BCUT2D eigenvalue weighted by atomic mass is 16.5. The van der Waals surface area contributed by atoms with E-state index in [1.165, 1.54) is 7.11 Å². The normalized spacial score (nSPS) is 14.3. The van der Waals surface area contributed by atoms with E-state index in [4.69, 9.17) is 4.74 Å². The molecule has 0 radical (unpaired) electrons. The smallest absolute Gasteiger partial charge is 0.275 e. The van der Waals surface area contributed by atoms with Crippen molar-refractivity contribution in [3.8, 4) is 11.5 Å². The topological polar surface area (TPSA) is 83.3 Å². The molecule has 0 aliphatic carbocycles. The molecule has 2 N–H and O–H groups in total. The number of ether oxygens (including phenoxy) is 1. The van der Waals surface area contributed by atoms with Crippen molar-refractivity contribution in [3.05, 3.63) is 77.9 Å². The third-order valence-electron chi connectivity index (χ3n) is 4.35. The summed E-state index contributed by atoms with van der Waals surface area (Å²) >= 11 is 0. The average molecular weight is 371 g/mol. The molecule has 6 nitrogen and oxygen atoms in total. The summed E-state index contributed by atoms with van der Waals surface area (Å²) in [5, 5.41) is 13.0. The highest BCUT2D eigenvalue weighted by Crippen LogP contribution is 2.32. The summed E-state index contributed by atoms with van der Waals surface area (Å²) in [5.41, 5.74) is 3.51. The number of amides is 1. The number of carbonyl (C=O) groups is 1. The van der Waals surface area contributed by atoms with E-state index >= 15 is 0 Å². The van der Waals surface area contributed by atoms with Gasteiger partial charge in [0.2, 0.25) is 0 Å². The second-order valence-corrected chi connectivity index (χ2v) is 6.11. The van der Waals surface area contributed by atoms with Crippen LogP contribution in [0.2, 0.25) is 0 Å². The number of nitrogens with zero attached hydrogens (tertiary/aromatic N) is 2. The Morgan fingerprint density at radius 3 is 2.54 bits per heavy atom. The van der Waals surface area contributed by atoms with Crippen LogP contribution in [0, 0.1) is 0 Å². The lowest BCUT2D eigenvalue weighted by molar-refractivity contribution is -0.110. The van der Waals surface area contributed by atoms with Crippen LogP contribution in [0.3, 0.4) is 0 Å². The van der Waals surface area contributed by atoms with Crippen molar-refractivity contribution in [1.82, 2.24) is 0 Å². The fourth-order valence-electron chi connectivity index (χ4n) is 2.95. The highest BCUT2D eigenvalue weighted by molar-refractivity contribution is 6.54. The Morgan fingerprint density at radius 1 is 0.964 bits per heavy atom. The van der Waals surface area contributed by atoms with Crippen LogP contribution in [0.4, 0.5) is 17.1 Å². The van der Waals surface area contributed by atoms with E-state index in [-0.39, 0.29) is 11.7 Å². The molecule has 1 aliphatic rings. The summed E-state index contributed by atoms with van der Waals surface area (Å²) in [4.78, 5) is 21.3. The van der Waals surface area contributed by atoms with Crippen molar-refractivity contribution >= 4 is 34.9 Å². The molecular weight excluding hydrogens is 354 g/mol. The number of anilines is 1. The number of phenols is 1. The summed E-state index contributed by atoms with van der Waals surface area (Å²) in [6, 6.07) is 19.9. The van der Waals surface area contributed by atoms with Gasteiger partial charge in [0.15, 0.2) is 11.5 Å². The highest BCUT2D eigenvalue weighted by Gasteiger charge is 2.25. The summed E-state index contributed by atoms with van der Waals surface area (Å²) in [6.07, 6.45) is 1.54. The first-order valence-corrected chi connectivity index (χ1v) is 8.66. The molecule has 0 bridgehead atoms. The van der Waals surface area contributed by atoms with Gasteiger partial charge in [-0.15, -0.1) is 0 Å². The van der Waals surface area contributed by atoms with E-state index in [0.717, 1.165) is 11.3 Å². The largest absolute Gasteiger partial charge is 0.504 e. The molecule has 0 saturated carbocycles. The Hall–Kier alpha value is -3.93. The number of hydrogen-bond acceptors (Lipinski definition) is 5. The molecule has 0 spiro atoms. The van der Waals surface area contributed by atoms with Crippen molar-refractivity contribution in [1.29, 1.82) is 0 Å². The molecule has 0 saturated heterocycles. The van der Waals surface area contributed by atoms with E-state index in [9.17, 15) is 9.90 Å². The van der Waals surface area contributed by atoms with Crippen molar-refractivity contribution in [2.45, 2.75) is 0 Å². The van der Waals surface area contributed by atoms with Crippen LogP contribution in [0.25, 0.3) is 0 Å². The van der Waals surface area contributed by atoms with E-state index in [1.807, 2.05) is 36.4 Å². The van der Waals surface area contributed by atoms with Crippen LogP contribution >= 0.6 is 0 Å². The Labute approximate surface area is 161 Å². The number of benzene rings is 3. The van der Waals surface area contributed by atoms with Crippen molar-refractivity contribution in [2.24, 2.45) is 9.98 Å². The fourth-order valence-corrected chi connectivity index (χ4v) is 2.95. The van der Waals surface area contributed by atoms with E-state index in [0.29, 0.717) is 28.4 Å². The number of nitrogens with one attached hydrogen (secondary N) is 1. The number of rotatable bonds is 4. The van der Waals surface area contributed by atoms with Crippen LogP contribution in [0.15, 0.2) is 76.7 Å². The molecule has 3 aromatic rings. The predicted octanol–water partition coefficient (Wildman–Crippen LogP) is 4.22. The van der Waals surface area contributed by atoms with Gasteiger partial charge in [0.05, 0.1) is 24.2 Å². The van der Waals surface area contributed by atoms with Crippen molar-refractivity contribution in [3.63, 3.8) is 0 Å². The Morgan fingerprint density at radius 2 is 1.71 bits per heavy atom. The molecule has 0 aromatic heterocycles. The third-order valence-corrected chi connectivity index (χ3v) is 4.35. The van der Waals surface area contributed by atoms with E-state index in [1.54, 1.807) is 36.5 Å². The maximum absolute atomic E-state index is 12.3. The van der Waals surface area contributed by atoms with Gasteiger partial charge >= 0.3 is 0 Å². The number of aromatic hydroxyl groups is 1. The number of methoxy groups -OCH3 is 1. The van der Waals surface area contributed by atoms with Crippen LogP contribution < -0.4 is 10.1 Å². The summed E-state index contributed by atoms with van der Waals surface area (Å²) in [6.45, 7) is 0. The first kappa shape index (κ1) is 17.5. The molecule has 3 aromatic carbocycles. The zero-order valence-corrected chi connectivity index (χ0v) is 15.1. The van der Waals surface area contributed by atoms with Gasteiger partial charge in [0, 0.05) is 17.3 Å². The summed E-state index contributed by atoms with van der Waals surface area (Å²) in [7, 11) is 1.49. The van der Waals surface area contributed by atoms with Gasteiger partial charge in [-0.1, -0.05) is 36.4 Å². The maximum Gasteiger partial charge on any atom is 0.275 e. The quantitative estimate of drug-likeness (QED) is 0.674. The fraction of sp³-hybridized carbons (Fsp3) is 0.0455. The van der Waals surface area contributed by atoms with Crippen LogP contribution in [0.5, 0.6) is 11.5 Å². The van der Waals surface area contributed by atoms with Gasteiger partial charge in [0.25, 0.3) is 5.91 Å². The zero-order valence-electron chi connectivity index (χ0n) is 15.1. The lowest BCUT2D eigenvalue weighted by atomic mass is 10.1. The summed E-state index contributed by atoms with van der Waals surface area (Å²) in [5.74, 6) is 0.142. The molecule has 1 aliphatic heterocycles. The molecule has 6 heteroatoms. The number of para-hydroxylation sites is 4. The Bertz CT molecular complexity index is 1120. The maximum atomic E-state index is 12.3. The Balaban J connectivity index is 1.72. The third kappa shape index (κ3) is 3.23. The zero-order chi connectivity index (χ0) is 19.5. The van der Waals surface area contributed by atoms with Gasteiger partial charge in [-0.05, 0) is 30.3 Å². The molecule has 28 heavy (non-hydrogen) atoms. The SMILES string of the molecule is COc1cccc(C=Nc2ccccc2N=C2C(=O)Nc3ccccc32)c1O. The first-order valence-electron chi connectivity index (χ1n) is 8.66. The molecule has 0 unspecified atom stereocenters. The molecule has 0 fully saturated rings. The predicted molar refractivity (Wildman–Crippen MR) is 110 cm³/mol. The van der Waals surface area contributed by atoms with Crippen LogP contribution in [-0.2, 0) is 4.79 Å². The first-order chi connectivity index (χ1) is 13.7. The molecule has 1 amide bonds. The number of carbonyl (C=O) groups excluding carboxylic acids is 1. The second kappa shape index (κ2) is 7.36. The molecule has 138 valence electrons. The van der Waals surface area contributed by atoms with E-state index in [2.05, 4.69) is 15.3 Å². The van der Waals surface area contributed by atoms with Gasteiger partial charge in [0.1, 0.15) is 5.71 Å². The minimum atomic E-state index is -0.245. The minimum Gasteiger partial charge on any atom is -0.504 e. The molecule has 1 heterocycles. The average Bonchev–Trinajstić information content (AvgIpc) is 3.03. The monoisotopic (exact) mass is 371 g/mol. The number of fused-ring (bicyclic) bond motifs is 1. The Kier molecular flexibility index (Phi) is 4.60. The molecule has 0 atom stereocenters. The summed E-state index contributed by atoms with van der Waals surface area (Å²) < 4.78 is 5.12. The van der Waals surface area contributed by atoms with Gasteiger partial charge < -0.3 is 15.2 Å². The number of aliphatic imine (C=N–C) groups is 2. The van der Waals surface area contributed by atoms with Gasteiger partial charge in [-0.3, -0.25) is 9.79 Å². The minimum absolute atomic E-state index is 0.0154. The van der Waals surface area contributed by atoms with Crippen molar-refractivity contribution in [2.75, 3.05) is 12.4 Å². The lowest BCUT2D eigenvalue weighted by Gasteiger charge is -2.05. The van der Waals surface area contributed by atoms with Crippen LogP contribution in [0.1, 0.15) is 11.1 Å². The second-order valence-electron chi connectivity index (χ2n) is 6.11. The van der Waals surface area contributed by atoms with E-state index < -0.39 is 0 Å². The van der Waals surface area contributed by atoms with Gasteiger partial charge in [-0.25, -0.2) is 4.99 Å². The van der Waals surface area contributed by atoms with Crippen molar-refractivity contribution < 1.29 is 14.6 Å². The number of hydrogen-bond donors (Lipinski definition) is 2. The van der Waals surface area contributed by atoms with Gasteiger partial charge in [-0.2, -0.15) is 0 Å². The molecular formula is C22H17N3O3. The lowest BCUT2D eigenvalue weighted by Crippen LogP contribution is -2.13. The standard InChI is InChI=1S/C22H17N3O3/c1-28-19-12-6-7-14(21(19)26)13-23-17-10-4-5-11-18(17)24-20-15-8-2-3-9-16(15)25-22(20)27/h2-13,26H,1H3,(H,24,25,27). The molecule has 4 rings (SSSR count).